The number of carbonyl (C=O) groups is 1. The summed E-state index contributed by atoms with van der Waals surface area (Å²) in [5.41, 5.74) is 8.43. The number of pyridine rings is 1. The van der Waals surface area contributed by atoms with E-state index < -0.39 is 35.1 Å². The number of carboxylic acid groups (broad SMARTS) is 1. The molecule has 4 aromatic rings. The van der Waals surface area contributed by atoms with E-state index >= 15 is 8.78 Å². The van der Waals surface area contributed by atoms with Crippen LogP contribution in [-0.4, -0.2) is 69.3 Å². The number of ether oxygens (including phenoxy) is 2. The smallest absolute Gasteiger partial charge is 0.339 e. The van der Waals surface area contributed by atoms with Crippen molar-refractivity contribution in [3.63, 3.8) is 0 Å². The summed E-state index contributed by atoms with van der Waals surface area (Å²) >= 11 is 0. The summed E-state index contributed by atoms with van der Waals surface area (Å²) in [5.74, 6) is -4.42. The molecule has 44 heavy (non-hydrogen) atoms. The molecular weight excluding hydrogens is 568 g/mol. The maximum atomic E-state index is 16.0. The molecule has 0 aliphatic heterocycles. The van der Waals surface area contributed by atoms with Gasteiger partial charge in [0.2, 0.25) is 11.6 Å². The quantitative estimate of drug-likeness (QED) is 0.184. The Morgan fingerprint density at radius 2 is 1.52 bits per heavy atom. The minimum Gasteiger partial charge on any atom is -0.478 e. The topological polar surface area (TPSA) is 104 Å². The van der Waals surface area contributed by atoms with Crippen molar-refractivity contribution >= 4 is 17.3 Å². The molecule has 0 atom stereocenters. The van der Waals surface area contributed by atoms with E-state index in [9.17, 15) is 9.90 Å². The van der Waals surface area contributed by atoms with Gasteiger partial charge in [0.25, 0.3) is 11.8 Å². The number of hydrogen-bond acceptors (Lipinski definition) is 8. The van der Waals surface area contributed by atoms with E-state index in [2.05, 4.69) is 4.98 Å². The zero-order valence-corrected chi connectivity index (χ0v) is 25.5. The second-order valence-corrected chi connectivity index (χ2v) is 10.8. The zero-order valence-electron chi connectivity index (χ0n) is 25.5. The van der Waals surface area contributed by atoms with Crippen molar-refractivity contribution in [2.24, 2.45) is 5.73 Å². The number of rotatable bonds is 13. The fourth-order valence-electron chi connectivity index (χ4n) is 4.58. The summed E-state index contributed by atoms with van der Waals surface area (Å²) in [6.45, 7) is 1.39. The fourth-order valence-corrected chi connectivity index (χ4v) is 4.58. The fraction of sp³-hybridized carbons (Fsp3) is 0.273. The normalized spacial score (nSPS) is 11.0. The molecule has 0 saturated heterocycles. The van der Waals surface area contributed by atoms with Gasteiger partial charge in [-0.15, -0.1) is 0 Å². The molecule has 0 aliphatic rings. The number of nitrogens with two attached hydrogens (primary N) is 1. The monoisotopic (exact) mass is 605 g/mol. The minimum atomic E-state index is -1.28. The van der Waals surface area contributed by atoms with Crippen LogP contribution in [0.25, 0.3) is 11.1 Å². The summed E-state index contributed by atoms with van der Waals surface area (Å²) in [6, 6.07) is 19.1. The third-order valence-corrected chi connectivity index (χ3v) is 6.94. The standard InChI is InChI=1S/C33H37F2N5O4/c1-38(2)15-8-16-40(5)30-28(34)31(43-25-12-7-11-23(18-25)22-10-6-9-21(17-22)20-36)37-32(29(30)35)44-27-19-24(39(3)4)13-14-26(27)33(41)42/h6-7,9-14,17-19H,8,15-16,20,36H2,1-5H3,(H,41,42). The lowest BCUT2D eigenvalue weighted by Gasteiger charge is -2.23. The molecule has 4 rings (SSSR count). The molecule has 0 bridgehead atoms. The van der Waals surface area contributed by atoms with Gasteiger partial charge >= 0.3 is 5.97 Å². The second kappa shape index (κ2) is 14.2. The van der Waals surface area contributed by atoms with Crippen LogP contribution in [0, 0.1) is 11.6 Å². The average Bonchev–Trinajstić information content (AvgIpc) is 2.99. The molecule has 1 heterocycles. The maximum absolute atomic E-state index is 16.0. The number of carboxylic acids is 1. The van der Waals surface area contributed by atoms with E-state index in [0.717, 1.165) is 16.7 Å². The predicted octanol–water partition coefficient (Wildman–Crippen LogP) is 6.22. The van der Waals surface area contributed by atoms with Gasteiger partial charge in [0.1, 0.15) is 22.7 Å². The van der Waals surface area contributed by atoms with Crippen molar-refractivity contribution in [2.75, 3.05) is 58.1 Å². The Kier molecular flexibility index (Phi) is 10.4. The molecule has 11 heteroatoms. The number of halogens is 2. The van der Waals surface area contributed by atoms with Crippen LogP contribution in [0.4, 0.5) is 20.2 Å². The molecule has 9 nitrogen and oxygen atoms in total. The first-order valence-electron chi connectivity index (χ1n) is 14.0. The summed E-state index contributed by atoms with van der Waals surface area (Å²) < 4.78 is 43.8. The van der Waals surface area contributed by atoms with Gasteiger partial charge in [-0.2, -0.15) is 13.8 Å². The van der Waals surface area contributed by atoms with Crippen LogP contribution in [0.15, 0.2) is 66.7 Å². The van der Waals surface area contributed by atoms with Crippen molar-refractivity contribution in [1.29, 1.82) is 0 Å². The summed E-state index contributed by atoms with van der Waals surface area (Å²) in [6.07, 6.45) is 0.620. The molecule has 3 N–H and O–H groups in total. The van der Waals surface area contributed by atoms with Gasteiger partial charge in [0.15, 0.2) is 0 Å². The van der Waals surface area contributed by atoms with Crippen molar-refractivity contribution in [1.82, 2.24) is 9.88 Å². The molecule has 232 valence electrons. The van der Waals surface area contributed by atoms with Gasteiger partial charge in [0, 0.05) is 46.0 Å². The first-order valence-corrected chi connectivity index (χ1v) is 14.0. The van der Waals surface area contributed by atoms with Gasteiger partial charge in [-0.05, 0) is 74.1 Å². The summed E-state index contributed by atoms with van der Waals surface area (Å²) in [7, 11) is 8.92. The summed E-state index contributed by atoms with van der Waals surface area (Å²) in [5, 5.41) is 9.76. The van der Waals surface area contributed by atoms with E-state index in [4.69, 9.17) is 15.2 Å². The Labute approximate surface area is 256 Å². The molecule has 0 radical (unpaired) electrons. The third kappa shape index (κ3) is 7.61. The Hall–Kier alpha value is -4.74. The number of hydrogen-bond donors (Lipinski definition) is 2. The van der Waals surface area contributed by atoms with Gasteiger partial charge < -0.3 is 35.0 Å². The Morgan fingerprint density at radius 3 is 2.16 bits per heavy atom. The van der Waals surface area contributed by atoms with Crippen LogP contribution in [0.3, 0.4) is 0 Å². The highest BCUT2D eigenvalue weighted by atomic mass is 19.1. The van der Waals surface area contributed by atoms with Crippen molar-refractivity contribution in [3.05, 3.63) is 89.5 Å². The molecule has 1 aromatic heterocycles. The highest BCUT2D eigenvalue weighted by Gasteiger charge is 2.27. The van der Waals surface area contributed by atoms with E-state index in [1.165, 1.54) is 17.0 Å². The van der Waals surface area contributed by atoms with Gasteiger partial charge in [-0.1, -0.05) is 30.3 Å². The van der Waals surface area contributed by atoms with Crippen LogP contribution in [0.5, 0.6) is 23.3 Å². The van der Waals surface area contributed by atoms with Crippen molar-refractivity contribution in [2.45, 2.75) is 13.0 Å². The molecular formula is C33H37F2N5O4. The second-order valence-electron chi connectivity index (χ2n) is 10.8. The van der Waals surface area contributed by atoms with Crippen molar-refractivity contribution in [3.8, 4) is 34.4 Å². The highest BCUT2D eigenvalue weighted by Crippen LogP contribution is 2.39. The van der Waals surface area contributed by atoms with Crippen LogP contribution < -0.4 is 25.0 Å². The number of nitrogens with zero attached hydrogens (tertiary/aromatic N) is 4. The number of anilines is 2. The third-order valence-electron chi connectivity index (χ3n) is 6.94. The Morgan fingerprint density at radius 1 is 0.864 bits per heavy atom. The number of aromatic nitrogens is 1. The summed E-state index contributed by atoms with van der Waals surface area (Å²) in [4.78, 5) is 21.2. The maximum Gasteiger partial charge on any atom is 0.339 e. The molecule has 3 aromatic carbocycles. The molecule has 0 spiro atoms. The Bertz CT molecular complexity index is 1630. The van der Waals surface area contributed by atoms with Crippen LogP contribution in [-0.2, 0) is 6.54 Å². The largest absolute Gasteiger partial charge is 0.478 e. The lowest BCUT2D eigenvalue weighted by Crippen LogP contribution is -2.25. The average molecular weight is 606 g/mol. The van der Waals surface area contributed by atoms with E-state index in [1.54, 1.807) is 50.3 Å². The SMILES string of the molecule is CN(C)CCCN(C)c1c(F)c(Oc2cccc(-c3cccc(CN)c3)c2)nc(Oc2cc(N(C)C)ccc2C(=O)O)c1F. The van der Waals surface area contributed by atoms with E-state index in [1.807, 2.05) is 49.3 Å². The lowest BCUT2D eigenvalue weighted by molar-refractivity contribution is 0.0694. The van der Waals surface area contributed by atoms with Crippen molar-refractivity contribution < 1.29 is 28.2 Å². The molecule has 0 unspecified atom stereocenters. The van der Waals surface area contributed by atoms with Gasteiger partial charge in [0.05, 0.1) is 0 Å². The lowest BCUT2D eigenvalue weighted by atomic mass is 10.0. The molecule has 0 fully saturated rings. The van der Waals surface area contributed by atoms with Crippen LogP contribution in [0.1, 0.15) is 22.3 Å². The van der Waals surface area contributed by atoms with E-state index in [-0.39, 0.29) is 17.1 Å². The zero-order chi connectivity index (χ0) is 32.0. The number of aromatic carboxylic acids is 1. The van der Waals surface area contributed by atoms with Gasteiger partial charge in [-0.3, -0.25) is 0 Å². The van der Waals surface area contributed by atoms with Crippen LogP contribution >= 0.6 is 0 Å². The Balaban J connectivity index is 1.79. The van der Waals surface area contributed by atoms with E-state index in [0.29, 0.717) is 31.7 Å². The first kappa shape index (κ1) is 32.2. The molecule has 0 saturated carbocycles. The number of benzene rings is 3. The van der Waals surface area contributed by atoms with Crippen LogP contribution in [0.2, 0.25) is 0 Å². The predicted molar refractivity (Wildman–Crippen MR) is 168 cm³/mol. The minimum absolute atomic E-state index is 0.157. The first-order chi connectivity index (χ1) is 21.0. The van der Waals surface area contributed by atoms with Gasteiger partial charge in [-0.25, -0.2) is 4.79 Å². The highest BCUT2D eigenvalue weighted by molar-refractivity contribution is 5.91. The molecule has 0 amide bonds. The molecule has 0 aliphatic carbocycles.